The average molecular weight is 292 g/mol. The molecular formula is C11H15Cl2N3O2. The lowest BCUT2D eigenvalue weighted by atomic mass is 10.3. The second kappa shape index (κ2) is 8.13. The minimum atomic E-state index is -0.0424. The monoisotopic (exact) mass is 291 g/mol. The van der Waals surface area contributed by atoms with Gasteiger partial charge in [-0.1, -0.05) is 23.2 Å². The molecule has 1 aromatic rings. The average Bonchev–Trinajstić information content (AvgIpc) is 2.34. The van der Waals surface area contributed by atoms with Crippen LogP contribution in [0.4, 0.5) is 0 Å². The van der Waals surface area contributed by atoms with E-state index < -0.39 is 0 Å². The van der Waals surface area contributed by atoms with Gasteiger partial charge in [0, 0.05) is 12.6 Å². The number of rotatable bonds is 7. The summed E-state index contributed by atoms with van der Waals surface area (Å²) in [6.45, 7) is 1.20. The summed E-state index contributed by atoms with van der Waals surface area (Å²) in [5.74, 6) is 0.261. The summed E-state index contributed by atoms with van der Waals surface area (Å²) in [5.41, 5.74) is 5.30. The van der Waals surface area contributed by atoms with Gasteiger partial charge < -0.3 is 15.8 Å². The van der Waals surface area contributed by atoms with Crippen LogP contribution in [-0.2, 0) is 4.79 Å². The highest BCUT2D eigenvalue weighted by Gasteiger charge is 2.04. The molecule has 0 fully saturated rings. The van der Waals surface area contributed by atoms with E-state index in [0.29, 0.717) is 48.5 Å². The summed E-state index contributed by atoms with van der Waals surface area (Å²) < 4.78 is 5.31. The minimum absolute atomic E-state index is 0.0424. The summed E-state index contributed by atoms with van der Waals surface area (Å²) in [6, 6.07) is 1.55. The molecule has 0 aliphatic carbocycles. The molecule has 0 saturated carbocycles. The Kier molecular flexibility index (Phi) is 6.78. The molecule has 0 aliphatic rings. The Morgan fingerprint density at radius 3 is 2.94 bits per heavy atom. The van der Waals surface area contributed by atoms with Crippen molar-refractivity contribution in [3.63, 3.8) is 0 Å². The lowest BCUT2D eigenvalue weighted by molar-refractivity contribution is -0.121. The second-order valence-electron chi connectivity index (χ2n) is 3.53. The van der Waals surface area contributed by atoms with E-state index in [4.69, 9.17) is 33.7 Å². The molecular weight excluding hydrogens is 277 g/mol. The summed E-state index contributed by atoms with van der Waals surface area (Å²) in [7, 11) is 0. The molecule has 0 unspecified atom stereocenters. The Morgan fingerprint density at radius 2 is 2.28 bits per heavy atom. The highest BCUT2D eigenvalue weighted by Crippen LogP contribution is 2.24. The van der Waals surface area contributed by atoms with Gasteiger partial charge in [0.2, 0.25) is 11.8 Å². The zero-order valence-electron chi connectivity index (χ0n) is 9.79. The number of halogens is 2. The molecule has 0 atom stereocenters. The summed E-state index contributed by atoms with van der Waals surface area (Å²) in [5, 5.41) is 3.49. The van der Waals surface area contributed by atoms with Crippen molar-refractivity contribution >= 4 is 29.1 Å². The fourth-order valence-electron chi connectivity index (χ4n) is 1.20. The summed E-state index contributed by atoms with van der Waals surface area (Å²) >= 11 is 11.6. The van der Waals surface area contributed by atoms with Crippen LogP contribution >= 0.6 is 23.2 Å². The number of nitrogens with zero attached hydrogens (tertiary/aromatic N) is 1. The van der Waals surface area contributed by atoms with Gasteiger partial charge in [-0.2, -0.15) is 0 Å². The predicted octanol–water partition coefficient (Wildman–Crippen LogP) is 1.62. The first-order valence-electron chi connectivity index (χ1n) is 5.54. The van der Waals surface area contributed by atoms with Gasteiger partial charge in [-0.15, -0.1) is 0 Å². The number of ether oxygens (including phenoxy) is 1. The minimum Gasteiger partial charge on any atom is -0.475 e. The van der Waals surface area contributed by atoms with Crippen molar-refractivity contribution in [2.45, 2.75) is 12.8 Å². The molecule has 1 heterocycles. The third-order valence-electron chi connectivity index (χ3n) is 2.05. The van der Waals surface area contributed by atoms with E-state index in [1.165, 1.54) is 6.20 Å². The third-order valence-corrected chi connectivity index (χ3v) is 2.52. The van der Waals surface area contributed by atoms with Crippen LogP contribution in [0.3, 0.4) is 0 Å². The van der Waals surface area contributed by atoms with Crippen molar-refractivity contribution in [2.24, 2.45) is 5.73 Å². The SMILES string of the molecule is NCCCC(=O)NCCOc1ncc(Cl)cc1Cl. The highest BCUT2D eigenvalue weighted by atomic mass is 35.5. The topological polar surface area (TPSA) is 77.2 Å². The van der Waals surface area contributed by atoms with Gasteiger partial charge in [-0.3, -0.25) is 4.79 Å². The molecule has 100 valence electrons. The first-order chi connectivity index (χ1) is 8.63. The van der Waals surface area contributed by atoms with Crippen LogP contribution in [-0.4, -0.2) is 30.6 Å². The molecule has 0 radical (unpaired) electrons. The van der Waals surface area contributed by atoms with Crippen LogP contribution < -0.4 is 15.8 Å². The Labute approximate surface area is 116 Å². The highest BCUT2D eigenvalue weighted by molar-refractivity contribution is 6.35. The number of hydrogen-bond acceptors (Lipinski definition) is 4. The lowest BCUT2D eigenvalue weighted by Crippen LogP contribution is -2.28. The number of carbonyl (C=O) groups is 1. The standard InChI is InChI=1S/C11H15Cl2N3O2/c12-8-6-9(13)11(16-7-8)18-5-4-15-10(17)2-1-3-14/h6-7H,1-5,14H2,(H,15,17). The largest absolute Gasteiger partial charge is 0.475 e. The third kappa shape index (κ3) is 5.53. The Bertz CT molecular complexity index is 402. The van der Waals surface area contributed by atoms with E-state index in [1.807, 2.05) is 0 Å². The number of hydrogen-bond donors (Lipinski definition) is 2. The molecule has 0 bridgehead atoms. The van der Waals surface area contributed by atoms with Crippen LogP contribution in [0.1, 0.15) is 12.8 Å². The molecule has 0 aromatic carbocycles. The summed E-state index contributed by atoms with van der Waals surface area (Å²) in [6.07, 6.45) is 2.55. The van der Waals surface area contributed by atoms with Crippen molar-refractivity contribution in [1.82, 2.24) is 10.3 Å². The fraction of sp³-hybridized carbons (Fsp3) is 0.455. The first kappa shape index (κ1) is 15.0. The number of aromatic nitrogens is 1. The van der Waals surface area contributed by atoms with Crippen LogP contribution in [0.5, 0.6) is 5.88 Å². The quantitative estimate of drug-likeness (QED) is 0.749. The van der Waals surface area contributed by atoms with E-state index in [1.54, 1.807) is 6.07 Å². The number of amides is 1. The first-order valence-corrected chi connectivity index (χ1v) is 6.29. The summed E-state index contributed by atoms with van der Waals surface area (Å²) in [4.78, 5) is 15.2. The van der Waals surface area contributed by atoms with Crippen LogP contribution in [0.25, 0.3) is 0 Å². The smallest absolute Gasteiger partial charge is 0.232 e. The number of nitrogens with one attached hydrogen (secondary N) is 1. The molecule has 1 amide bonds. The molecule has 7 heteroatoms. The van der Waals surface area contributed by atoms with Crippen LogP contribution in [0.15, 0.2) is 12.3 Å². The normalized spacial score (nSPS) is 10.2. The van der Waals surface area contributed by atoms with Gasteiger partial charge in [-0.25, -0.2) is 4.98 Å². The van der Waals surface area contributed by atoms with Gasteiger partial charge in [0.15, 0.2) is 0 Å². The molecule has 18 heavy (non-hydrogen) atoms. The van der Waals surface area contributed by atoms with Crippen molar-refractivity contribution < 1.29 is 9.53 Å². The van der Waals surface area contributed by atoms with Gasteiger partial charge in [0.25, 0.3) is 0 Å². The van der Waals surface area contributed by atoms with E-state index in [0.717, 1.165) is 0 Å². The molecule has 0 spiro atoms. The van der Waals surface area contributed by atoms with Crippen molar-refractivity contribution in [1.29, 1.82) is 0 Å². The molecule has 0 saturated heterocycles. The van der Waals surface area contributed by atoms with Gasteiger partial charge >= 0.3 is 0 Å². The zero-order chi connectivity index (χ0) is 13.4. The number of pyridine rings is 1. The molecule has 1 rings (SSSR count). The van der Waals surface area contributed by atoms with Gasteiger partial charge in [-0.05, 0) is 19.0 Å². The van der Waals surface area contributed by atoms with Crippen molar-refractivity contribution in [3.05, 3.63) is 22.3 Å². The van der Waals surface area contributed by atoms with Crippen molar-refractivity contribution in [2.75, 3.05) is 19.7 Å². The Balaban J connectivity index is 2.23. The van der Waals surface area contributed by atoms with Crippen LogP contribution in [0.2, 0.25) is 10.0 Å². The van der Waals surface area contributed by atoms with Gasteiger partial charge in [0.05, 0.1) is 11.6 Å². The molecule has 3 N–H and O–H groups in total. The Morgan fingerprint density at radius 1 is 1.50 bits per heavy atom. The number of nitrogens with two attached hydrogens (primary N) is 1. The van der Waals surface area contributed by atoms with E-state index >= 15 is 0 Å². The second-order valence-corrected chi connectivity index (χ2v) is 4.37. The fourth-order valence-corrected chi connectivity index (χ4v) is 1.63. The lowest BCUT2D eigenvalue weighted by Gasteiger charge is -2.08. The van der Waals surface area contributed by atoms with E-state index in [2.05, 4.69) is 10.3 Å². The maximum Gasteiger partial charge on any atom is 0.232 e. The molecule has 0 aliphatic heterocycles. The molecule has 1 aromatic heterocycles. The van der Waals surface area contributed by atoms with Gasteiger partial charge in [0.1, 0.15) is 11.6 Å². The maximum absolute atomic E-state index is 11.2. The van der Waals surface area contributed by atoms with Crippen molar-refractivity contribution in [3.8, 4) is 5.88 Å². The predicted molar refractivity (Wildman–Crippen MR) is 71.1 cm³/mol. The Hall–Kier alpha value is -1.04. The zero-order valence-corrected chi connectivity index (χ0v) is 11.3. The maximum atomic E-state index is 11.2. The molecule has 5 nitrogen and oxygen atoms in total. The van der Waals surface area contributed by atoms with E-state index in [9.17, 15) is 4.79 Å². The number of carbonyl (C=O) groups excluding carboxylic acids is 1. The van der Waals surface area contributed by atoms with E-state index in [-0.39, 0.29) is 5.91 Å². The van der Waals surface area contributed by atoms with Crippen LogP contribution in [0, 0.1) is 0 Å².